The average Bonchev–Trinajstić information content (AvgIpc) is 2.72. The third-order valence-corrected chi connectivity index (χ3v) is 5.52. The van der Waals surface area contributed by atoms with E-state index in [1.165, 1.54) is 5.69 Å². The molecular formula is C20H32N4O2. The van der Waals surface area contributed by atoms with Gasteiger partial charge in [0.1, 0.15) is 0 Å². The van der Waals surface area contributed by atoms with Crippen molar-refractivity contribution in [3.8, 4) is 0 Å². The standard InChI is InChI=1S/C20H32N4O2/c21-19(17-7-15-26-16-8-17)20(25)22-9-4-10-23-11-13-24(14-12-23)18-5-2-1-3-6-18/h1-3,5-6,17,19H,4,7-16,21H2,(H,22,25). The predicted molar refractivity (Wildman–Crippen MR) is 104 cm³/mol. The second kappa shape index (κ2) is 9.90. The van der Waals surface area contributed by atoms with Crippen LogP contribution in [-0.4, -0.2) is 69.3 Å². The van der Waals surface area contributed by atoms with Crippen molar-refractivity contribution in [2.24, 2.45) is 11.7 Å². The van der Waals surface area contributed by atoms with Crippen LogP contribution >= 0.6 is 0 Å². The van der Waals surface area contributed by atoms with Crippen molar-refractivity contribution in [2.75, 3.05) is 57.4 Å². The highest BCUT2D eigenvalue weighted by Gasteiger charge is 2.26. The van der Waals surface area contributed by atoms with E-state index in [-0.39, 0.29) is 11.8 Å². The zero-order valence-corrected chi connectivity index (χ0v) is 15.6. The topological polar surface area (TPSA) is 70.8 Å². The third kappa shape index (κ3) is 5.43. The number of anilines is 1. The van der Waals surface area contributed by atoms with Gasteiger partial charge in [-0.2, -0.15) is 0 Å². The molecule has 0 aliphatic carbocycles. The molecule has 0 spiro atoms. The number of ether oxygens (including phenoxy) is 1. The summed E-state index contributed by atoms with van der Waals surface area (Å²) in [6, 6.07) is 10.2. The van der Waals surface area contributed by atoms with E-state index in [1.807, 2.05) is 0 Å². The summed E-state index contributed by atoms with van der Waals surface area (Å²) in [6.07, 6.45) is 2.75. The van der Waals surface area contributed by atoms with E-state index in [9.17, 15) is 4.79 Å². The van der Waals surface area contributed by atoms with Crippen LogP contribution in [-0.2, 0) is 9.53 Å². The van der Waals surface area contributed by atoms with E-state index >= 15 is 0 Å². The van der Waals surface area contributed by atoms with Crippen LogP contribution in [0.1, 0.15) is 19.3 Å². The van der Waals surface area contributed by atoms with Crippen LogP contribution in [0.4, 0.5) is 5.69 Å². The number of carbonyl (C=O) groups excluding carboxylic acids is 1. The largest absolute Gasteiger partial charge is 0.381 e. The molecule has 0 radical (unpaired) electrons. The van der Waals surface area contributed by atoms with E-state index in [0.717, 1.165) is 65.2 Å². The second-order valence-electron chi connectivity index (χ2n) is 7.28. The summed E-state index contributed by atoms with van der Waals surface area (Å²) in [5.41, 5.74) is 7.41. The van der Waals surface area contributed by atoms with Crippen molar-refractivity contribution in [3.63, 3.8) is 0 Å². The van der Waals surface area contributed by atoms with Gasteiger partial charge in [0.05, 0.1) is 6.04 Å². The van der Waals surface area contributed by atoms with Crippen molar-refractivity contribution in [2.45, 2.75) is 25.3 Å². The number of nitrogens with two attached hydrogens (primary N) is 1. The zero-order valence-electron chi connectivity index (χ0n) is 15.6. The number of para-hydroxylation sites is 1. The molecule has 0 aromatic heterocycles. The number of amides is 1. The summed E-state index contributed by atoms with van der Waals surface area (Å²) < 4.78 is 5.33. The van der Waals surface area contributed by atoms with Gasteiger partial charge >= 0.3 is 0 Å². The Hall–Kier alpha value is -1.63. The minimum atomic E-state index is -0.395. The van der Waals surface area contributed by atoms with Crippen molar-refractivity contribution in [3.05, 3.63) is 30.3 Å². The molecular weight excluding hydrogens is 328 g/mol. The third-order valence-electron chi connectivity index (χ3n) is 5.52. The Kier molecular flexibility index (Phi) is 7.29. The molecule has 3 rings (SSSR count). The van der Waals surface area contributed by atoms with E-state index in [4.69, 9.17) is 10.5 Å². The van der Waals surface area contributed by atoms with Gasteiger partial charge < -0.3 is 20.7 Å². The molecule has 0 saturated carbocycles. The Labute approximate surface area is 156 Å². The number of benzene rings is 1. The molecule has 2 fully saturated rings. The van der Waals surface area contributed by atoms with Crippen LogP contribution in [0, 0.1) is 5.92 Å². The molecule has 1 aromatic rings. The molecule has 144 valence electrons. The van der Waals surface area contributed by atoms with Crippen molar-refractivity contribution >= 4 is 11.6 Å². The van der Waals surface area contributed by atoms with Crippen LogP contribution in [0.5, 0.6) is 0 Å². The minimum absolute atomic E-state index is 0.00852. The van der Waals surface area contributed by atoms with E-state index in [2.05, 4.69) is 45.4 Å². The van der Waals surface area contributed by atoms with Crippen LogP contribution in [0.3, 0.4) is 0 Å². The number of hydrogen-bond acceptors (Lipinski definition) is 5. The molecule has 2 heterocycles. The summed E-state index contributed by atoms with van der Waals surface area (Å²) in [7, 11) is 0. The molecule has 1 aromatic carbocycles. The number of carbonyl (C=O) groups is 1. The van der Waals surface area contributed by atoms with Gasteiger partial charge in [-0.1, -0.05) is 18.2 Å². The van der Waals surface area contributed by atoms with E-state index in [1.54, 1.807) is 0 Å². The number of rotatable bonds is 7. The van der Waals surface area contributed by atoms with E-state index < -0.39 is 6.04 Å². The maximum Gasteiger partial charge on any atom is 0.237 e. The Morgan fingerprint density at radius 1 is 1.15 bits per heavy atom. The summed E-state index contributed by atoms with van der Waals surface area (Å²) in [5.74, 6) is 0.251. The molecule has 6 nitrogen and oxygen atoms in total. The fourth-order valence-electron chi connectivity index (χ4n) is 3.79. The van der Waals surface area contributed by atoms with Crippen LogP contribution in [0.15, 0.2) is 30.3 Å². The predicted octanol–water partition coefficient (Wildman–Crippen LogP) is 1.07. The minimum Gasteiger partial charge on any atom is -0.381 e. The highest BCUT2D eigenvalue weighted by atomic mass is 16.5. The first-order valence-electron chi connectivity index (χ1n) is 9.87. The highest BCUT2D eigenvalue weighted by molar-refractivity contribution is 5.81. The van der Waals surface area contributed by atoms with Gasteiger partial charge in [0.25, 0.3) is 0 Å². The average molecular weight is 361 g/mol. The number of nitrogens with one attached hydrogen (secondary N) is 1. The lowest BCUT2D eigenvalue weighted by Crippen LogP contribution is -2.48. The first kappa shape index (κ1) is 19.1. The monoisotopic (exact) mass is 360 g/mol. The molecule has 1 amide bonds. The molecule has 6 heteroatoms. The quantitative estimate of drug-likeness (QED) is 0.712. The Morgan fingerprint density at radius 3 is 2.54 bits per heavy atom. The summed E-state index contributed by atoms with van der Waals surface area (Å²) >= 11 is 0. The van der Waals surface area contributed by atoms with Gasteiger partial charge in [0, 0.05) is 51.6 Å². The van der Waals surface area contributed by atoms with Crippen molar-refractivity contribution < 1.29 is 9.53 Å². The van der Waals surface area contributed by atoms with Gasteiger partial charge in [-0.05, 0) is 43.9 Å². The first-order chi connectivity index (χ1) is 12.7. The molecule has 2 aliphatic rings. The highest BCUT2D eigenvalue weighted by Crippen LogP contribution is 2.18. The van der Waals surface area contributed by atoms with Crippen LogP contribution in [0.2, 0.25) is 0 Å². The number of hydrogen-bond donors (Lipinski definition) is 2. The maximum atomic E-state index is 12.2. The Bertz CT molecular complexity index is 540. The van der Waals surface area contributed by atoms with Crippen LogP contribution < -0.4 is 16.0 Å². The van der Waals surface area contributed by atoms with Gasteiger partial charge in [-0.15, -0.1) is 0 Å². The zero-order chi connectivity index (χ0) is 18.2. The Morgan fingerprint density at radius 2 is 1.85 bits per heavy atom. The number of nitrogens with zero attached hydrogens (tertiary/aromatic N) is 2. The van der Waals surface area contributed by atoms with Gasteiger partial charge in [0.15, 0.2) is 0 Å². The molecule has 2 saturated heterocycles. The SMILES string of the molecule is NC(C(=O)NCCCN1CCN(c2ccccc2)CC1)C1CCOCC1. The van der Waals surface area contributed by atoms with Crippen molar-refractivity contribution in [1.29, 1.82) is 0 Å². The van der Waals surface area contributed by atoms with Gasteiger partial charge in [-0.3, -0.25) is 9.69 Å². The van der Waals surface area contributed by atoms with Gasteiger partial charge in [0.2, 0.25) is 5.91 Å². The fourth-order valence-corrected chi connectivity index (χ4v) is 3.79. The lowest BCUT2D eigenvalue weighted by molar-refractivity contribution is -0.124. The summed E-state index contributed by atoms with van der Waals surface area (Å²) in [5, 5.41) is 3.01. The maximum absolute atomic E-state index is 12.2. The first-order valence-corrected chi connectivity index (χ1v) is 9.87. The normalized spacial score (nSPS) is 20.7. The molecule has 26 heavy (non-hydrogen) atoms. The second-order valence-corrected chi connectivity index (χ2v) is 7.28. The lowest BCUT2D eigenvalue weighted by Gasteiger charge is -2.36. The van der Waals surface area contributed by atoms with Crippen molar-refractivity contribution in [1.82, 2.24) is 10.2 Å². The molecule has 2 aliphatic heterocycles. The summed E-state index contributed by atoms with van der Waals surface area (Å²) in [6.45, 7) is 7.44. The summed E-state index contributed by atoms with van der Waals surface area (Å²) in [4.78, 5) is 17.1. The smallest absolute Gasteiger partial charge is 0.237 e. The number of piperazine rings is 1. The molecule has 3 N–H and O–H groups in total. The molecule has 1 unspecified atom stereocenters. The van der Waals surface area contributed by atoms with E-state index in [0.29, 0.717) is 6.54 Å². The molecule has 1 atom stereocenters. The van der Waals surface area contributed by atoms with Crippen LogP contribution in [0.25, 0.3) is 0 Å². The van der Waals surface area contributed by atoms with Gasteiger partial charge in [-0.25, -0.2) is 0 Å². The fraction of sp³-hybridized carbons (Fsp3) is 0.650. The molecule has 0 bridgehead atoms. The lowest BCUT2D eigenvalue weighted by atomic mass is 9.92. The Balaban J connectivity index is 1.29.